The third-order valence-electron chi connectivity index (χ3n) is 2.48. The highest BCUT2D eigenvalue weighted by atomic mass is 35.5. The Morgan fingerprint density at radius 2 is 2.06 bits per heavy atom. The van der Waals surface area contributed by atoms with E-state index in [1.165, 1.54) is 0 Å². The van der Waals surface area contributed by atoms with Crippen molar-refractivity contribution in [3.63, 3.8) is 0 Å². The van der Waals surface area contributed by atoms with Crippen molar-refractivity contribution in [1.82, 2.24) is 0 Å². The van der Waals surface area contributed by atoms with Crippen LogP contribution in [0.1, 0.15) is 25.3 Å². The van der Waals surface area contributed by atoms with E-state index >= 15 is 0 Å². The zero-order valence-electron chi connectivity index (χ0n) is 9.71. The van der Waals surface area contributed by atoms with E-state index in [0.717, 1.165) is 24.0 Å². The number of oxime groups is 1. The SMILES string of the molecule is C=C(C)C(CCCc1ccc(Cl)c(Cl)c1)=NO. The Morgan fingerprint density at radius 3 is 2.59 bits per heavy atom. The van der Waals surface area contributed by atoms with Crippen molar-refractivity contribution in [3.05, 3.63) is 46.0 Å². The molecule has 0 aliphatic heterocycles. The summed E-state index contributed by atoms with van der Waals surface area (Å²) in [5, 5.41) is 13.1. The molecule has 0 aliphatic carbocycles. The van der Waals surface area contributed by atoms with Crippen LogP contribution < -0.4 is 0 Å². The normalized spacial score (nSPS) is 11.6. The first kappa shape index (κ1) is 14.1. The molecule has 0 atom stereocenters. The average molecular weight is 272 g/mol. The van der Waals surface area contributed by atoms with Crippen LogP contribution in [0.5, 0.6) is 0 Å². The molecule has 1 aromatic rings. The van der Waals surface area contributed by atoms with E-state index in [0.29, 0.717) is 22.2 Å². The van der Waals surface area contributed by atoms with Crippen LogP contribution in [-0.2, 0) is 6.42 Å². The summed E-state index contributed by atoms with van der Waals surface area (Å²) >= 11 is 11.8. The molecule has 0 saturated heterocycles. The van der Waals surface area contributed by atoms with E-state index in [9.17, 15) is 0 Å². The molecule has 0 unspecified atom stereocenters. The number of hydrogen-bond acceptors (Lipinski definition) is 2. The van der Waals surface area contributed by atoms with Crippen molar-refractivity contribution in [2.45, 2.75) is 26.2 Å². The summed E-state index contributed by atoms with van der Waals surface area (Å²) < 4.78 is 0. The van der Waals surface area contributed by atoms with Gasteiger partial charge in [-0.25, -0.2) is 0 Å². The van der Waals surface area contributed by atoms with E-state index in [1.54, 1.807) is 6.07 Å². The first-order valence-corrected chi connectivity index (χ1v) is 6.11. The second-order valence-corrected chi connectivity index (χ2v) is 4.74. The lowest BCUT2D eigenvalue weighted by Gasteiger charge is -2.05. The van der Waals surface area contributed by atoms with Gasteiger partial charge in [0.1, 0.15) is 0 Å². The predicted octanol–water partition coefficient (Wildman–Crippen LogP) is 4.72. The minimum Gasteiger partial charge on any atom is -0.411 e. The second-order valence-electron chi connectivity index (χ2n) is 3.93. The van der Waals surface area contributed by atoms with Crippen molar-refractivity contribution in [3.8, 4) is 0 Å². The van der Waals surface area contributed by atoms with Crippen molar-refractivity contribution in [2.24, 2.45) is 5.16 Å². The first-order chi connectivity index (χ1) is 8.04. The van der Waals surface area contributed by atoms with Crippen LogP contribution in [0, 0.1) is 0 Å². The van der Waals surface area contributed by atoms with Gasteiger partial charge in [0.15, 0.2) is 0 Å². The average Bonchev–Trinajstić information content (AvgIpc) is 2.28. The molecule has 0 bridgehead atoms. The summed E-state index contributed by atoms with van der Waals surface area (Å²) in [4.78, 5) is 0. The van der Waals surface area contributed by atoms with E-state index in [2.05, 4.69) is 11.7 Å². The molecule has 0 saturated carbocycles. The van der Waals surface area contributed by atoms with E-state index < -0.39 is 0 Å². The monoisotopic (exact) mass is 271 g/mol. The summed E-state index contributed by atoms with van der Waals surface area (Å²) in [6.45, 7) is 5.58. The molecule has 1 aromatic carbocycles. The number of benzene rings is 1. The second kappa shape index (κ2) is 6.67. The van der Waals surface area contributed by atoms with Crippen LogP contribution in [0.4, 0.5) is 0 Å². The van der Waals surface area contributed by atoms with Gasteiger partial charge in [-0.05, 0) is 49.5 Å². The van der Waals surface area contributed by atoms with Crippen LogP contribution in [0.25, 0.3) is 0 Å². The van der Waals surface area contributed by atoms with E-state index in [4.69, 9.17) is 28.4 Å². The number of aryl methyl sites for hydroxylation is 1. The Kier molecular flexibility index (Phi) is 5.52. The van der Waals surface area contributed by atoms with Gasteiger partial charge in [-0.2, -0.15) is 0 Å². The van der Waals surface area contributed by atoms with Crippen molar-refractivity contribution < 1.29 is 5.21 Å². The fourth-order valence-electron chi connectivity index (χ4n) is 1.50. The number of halogens is 2. The molecule has 1 N–H and O–H groups in total. The maximum Gasteiger partial charge on any atom is 0.0818 e. The highest BCUT2D eigenvalue weighted by Gasteiger charge is 2.03. The van der Waals surface area contributed by atoms with Crippen LogP contribution in [0.3, 0.4) is 0 Å². The minimum atomic E-state index is 0.565. The predicted molar refractivity (Wildman–Crippen MR) is 73.4 cm³/mol. The highest BCUT2D eigenvalue weighted by molar-refractivity contribution is 6.42. The molecule has 0 heterocycles. The number of nitrogens with zero attached hydrogens (tertiary/aromatic N) is 1. The van der Waals surface area contributed by atoms with Gasteiger partial charge in [0.25, 0.3) is 0 Å². The standard InChI is InChI=1S/C13H15Cl2NO/c1-9(2)13(16-17)5-3-4-10-6-7-11(14)12(15)8-10/h6-8,17H,1,3-5H2,2H3. The molecule has 1 rings (SSSR count). The smallest absolute Gasteiger partial charge is 0.0818 e. The summed E-state index contributed by atoms with van der Waals surface area (Å²) in [5.74, 6) is 0. The van der Waals surface area contributed by atoms with Gasteiger partial charge in [0.2, 0.25) is 0 Å². The van der Waals surface area contributed by atoms with Crippen LogP contribution >= 0.6 is 23.2 Å². The van der Waals surface area contributed by atoms with Crippen LogP contribution in [-0.4, -0.2) is 10.9 Å². The van der Waals surface area contributed by atoms with E-state index in [-0.39, 0.29) is 0 Å². The lowest BCUT2D eigenvalue weighted by molar-refractivity contribution is 0.317. The molecule has 0 radical (unpaired) electrons. The Hall–Kier alpha value is -0.990. The van der Waals surface area contributed by atoms with Gasteiger partial charge < -0.3 is 5.21 Å². The number of allylic oxidation sites excluding steroid dienone is 1. The third kappa shape index (κ3) is 4.41. The van der Waals surface area contributed by atoms with Crippen molar-refractivity contribution in [1.29, 1.82) is 0 Å². The molecule has 0 fully saturated rings. The third-order valence-corrected chi connectivity index (χ3v) is 3.22. The summed E-state index contributed by atoms with van der Waals surface area (Å²) in [6.07, 6.45) is 2.44. The van der Waals surface area contributed by atoms with Gasteiger partial charge >= 0.3 is 0 Å². The van der Waals surface area contributed by atoms with Gasteiger partial charge in [-0.15, -0.1) is 0 Å². The molecular weight excluding hydrogens is 257 g/mol. The van der Waals surface area contributed by atoms with E-state index in [1.807, 2.05) is 19.1 Å². The zero-order valence-corrected chi connectivity index (χ0v) is 11.2. The maximum atomic E-state index is 8.76. The summed E-state index contributed by atoms with van der Waals surface area (Å²) in [5.41, 5.74) is 2.56. The zero-order chi connectivity index (χ0) is 12.8. The largest absolute Gasteiger partial charge is 0.411 e. The summed E-state index contributed by atoms with van der Waals surface area (Å²) in [6, 6.07) is 5.60. The lowest BCUT2D eigenvalue weighted by Crippen LogP contribution is -2.00. The lowest BCUT2D eigenvalue weighted by atomic mass is 10.0. The highest BCUT2D eigenvalue weighted by Crippen LogP contribution is 2.23. The molecular formula is C13H15Cl2NO. The fourth-order valence-corrected chi connectivity index (χ4v) is 1.82. The Balaban J connectivity index is 2.51. The van der Waals surface area contributed by atoms with Gasteiger partial charge in [-0.3, -0.25) is 0 Å². The van der Waals surface area contributed by atoms with Gasteiger partial charge in [0, 0.05) is 0 Å². The quantitative estimate of drug-likeness (QED) is 0.469. The number of rotatable bonds is 5. The molecule has 0 spiro atoms. The van der Waals surface area contributed by atoms with Crippen molar-refractivity contribution in [2.75, 3.05) is 0 Å². The van der Waals surface area contributed by atoms with Gasteiger partial charge in [-0.1, -0.05) is 41.0 Å². The van der Waals surface area contributed by atoms with Crippen LogP contribution in [0.2, 0.25) is 10.0 Å². The minimum absolute atomic E-state index is 0.565. The number of hydrogen-bond donors (Lipinski definition) is 1. The Labute approximate surface area is 112 Å². The first-order valence-electron chi connectivity index (χ1n) is 5.35. The molecule has 0 aromatic heterocycles. The maximum absolute atomic E-state index is 8.76. The Bertz CT molecular complexity index is 441. The Morgan fingerprint density at radius 1 is 1.35 bits per heavy atom. The fraction of sp³-hybridized carbons (Fsp3) is 0.308. The molecule has 0 aliphatic rings. The van der Waals surface area contributed by atoms with Crippen molar-refractivity contribution >= 4 is 28.9 Å². The molecule has 0 amide bonds. The van der Waals surface area contributed by atoms with Crippen LogP contribution in [0.15, 0.2) is 35.5 Å². The molecule has 4 heteroatoms. The summed E-state index contributed by atoms with van der Waals surface area (Å²) in [7, 11) is 0. The molecule has 2 nitrogen and oxygen atoms in total. The topological polar surface area (TPSA) is 32.6 Å². The van der Waals surface area contributed by atoms with Gasteiger partial charge in [0.05, 0.1) is 15.8 Å². The molecule has 92 valence electrons. The molecule has 17 heavy (non-hydrogen) atoms.